The number of benzene rings is 1. The van der Waals surface area contributed by atoms with Gasteiger partial charge in [0.25, 0.3) is 0 Å². The molecule has 1 aromatic carbocycles. The normalized spacial score (nSPS) is 10.7. The number of nitrogen functional groups attached to an aromatic ring is 1. The van der Waals surface area contributed by atoms with Gasteiger partial charge in [-0.25, -0.2) is 4.98 Å². The smallest absolute Gasteiger partial charge is 0.219 e. The van der Waals surface area contributed by atoms with Crippen molar-refractivity contribution in [2.24, 2.45) is 0 Å². The Kier molecular flexibility index (Phi) is 2.37. The summed E-state index contributed by atoms with van der Waals surface area (Å²) in [5.74, 6) is 1.15. The van der Waals surface area contributed by atoms with E-state index in [0.29, 0.717) is 22.9 Å². The third-order valence-electron chi connectivity index (χ3n) is 2.60. The van der Waals surface area contributed by atoms with E-state index in [-0.39, 0.29) is 0 Å². The molecule has 0 unspecified atom stereocenters. The molecule has 18 heavy (non-hydrogen) atoms. The van der Waals surface area contributed by atoms with Crippen LogP contribution >= 0.6 is 0 Å². The first kappa shape index (κ1) is 10.6. The summed E-state index contributed by atoms with van der Waals surface area (Å²) in [6, 6.07) is 9.00. The third-order valence-corrected chi connectivity index (χ3v) is 2.60. The van der Waals surface area contributed by atoms with E-state index in [1.54, 1.807) is 18.3 Å². The number of aryl methyl sites for hydroxylation is 1. The second kappa shape index (κ2) is 4.03. The van der Waals surface area contributed by atoms with Crippen molar-refractivity contribution in [3.8, 4) is 11.6 Å². The Morgan fingerprint density at radius 3 is 2.89 bits per heavy atom. The van der Waals surface area contributed by atoms with Crippen LogP contribution in [-0.4, -0.2) is 10.1 Å². The zero-order valence-corrected chi connectivity index (χ0v) is 9.75. The lowest BCUT2D eigenvalue weighted by molar-refractivity contribution is 0.449. The average molecular weight is 241 g/mol. The highest BCUT2D eigenvalue weighted by Crippen LogP contribution is 2.31. The molecule has 0 aliphatic carbocycles. The molecule has 90 valence electrons. The molecule has 0 saturated heterocycles. The van der Waals surface area contributed by atoms with Crippen LogP contribution in [0.2, 0.25) is 0 Å². The number of rotatable bonds is 2. The minimum Gasteiger partial charge on any atom is -0.438 e. The zero-order valence-electron chi connectivity index (χ0n) is 9.75. The molecular formula is C13H11N3O2. The Morgan fingerprint density at radius 2 is 2.11 bits per heavy atom. The van der Waals surface area contributed by atoms with Crippen LogP contribution in [0.5, 0.6) is 11.6 Å². The highest BCUT2D eigenvalue weighted by molar-refractivity contribution is 5.86. The maximum Gasteiger partial charge on any atom is 0.219 e. The van der Waals surface area contributed by atoms with Crippen molar-refractivity contribution in [2.45, 2.75) is 6.92 Å². The SMILES string of the molecule is Cc1noc2cccc(Oc3ccc(N)cn3)c12. The molecule has 0 spiro atoms. The van der Waals surface area contributed by atoms with E-state index in [9.17, 15) is 0 Å². The first-order chi connectivity index (χ1) is 8.74. The Morgan fingerprint density at radius 1 is 1.22 bits per heavy atom. The first-order valence-corrected chi connectivity index (χ1v) is 5.48. The van der Waals surface area contributed by atoms with Gasteiger partial charge < -0.3 is 15.0 Å². The van der Waals surface area contributed by atoms with Crippen LogP contribution < -0.4 is 10.5 Å². The predicted octanol–water partition coefficient (Wildman–Crippen LogP) is 2.91. The van der Waals surface area contributed by atoms with Gasteiger partial charge in [0.2, 0.25) is 5.88 Å². The van der Waals surface area contributed by atoms with Crippen molar-refractivity contribution in [1.29, 1.82) is 0 Å². The van der Waals surface area contributed by atoms with Gasteiger partial charge in [0.1, 0.15) is 5.75 Å². The molecule has 0 aliphatic heterocycles. The van der Waals surface area contributed by atoms with Gasteiger partial charge in [0.05, 0.1) is 23.0 Å². The van der Waals surface area contributed by atoms with Crippen LogP contribution in [-0.2, 0) is 0 Å². The maximum absolute atomic E-state index is 5.72. The summed E-state index contributed by atoms with van der Waals surface area (Å²) in [4.78, 5) is 4.10. The van der Waals surface area contributed by atoms with Gasteiger partial charge in [0, 0.05) is 6.07 Å². The molecule has 0 saturated carbocycles. The second-order valence-electron chi connectivity index (χ2n) is 3.93. The molecule has 2 aromatic heterocycles. The van der Waals surface area contributed by atoms with Gasteiger partial charge in [-0.3, -0.25) is 0 Å². The Labute approximate surface area is 103 Å². The fraction of sp³-hybridized carbons (Fsp3) is 0.0769. The molecule has 0 amide bonds. The average Bonchev–Trinajstić information content (AvgIpc) is 2.75. The summed E-state index contributed by atoms with van der Waals surface area (Å²) < 4.78 is 10.9. The standard InChI is InChI=1S/C13H11N3O2/c1-8-13-10(3-2-4-11(13)18-16-8)17-12-6-5-9(14)7-15-12/h2-7H,14H2,1H3. The van der Waals surface area contributed by atoms with Crippen molar-refractivity contribution in [3.05, 3.63) is 42.2 Å². The summed E-state index contributed by atoms with van der Waals surface area (Å²) in [5, 5.41) is 4.77. The lowest BCUT2D eigenvalue weighted by Gasteiger charge is -2.05. The van der Waals surface area contributed by atoms with Crippen LogP contribution in [0.3, 0.4) is 0 Å². The van der Waals surface area contributed by atoms with Gasteiger partial charge in [-0.15, -0.1) is 0 Å². The van der Waals surface area contributed by atoms with E-state index in [0.717, 1.165) is 11.1 Å². The fourth-order valence-electron chi connectivity index (χ4n) is 1.76. The van der Waals surface area contributed by atoms with Gasteiger partial charge in [0.15, 0.2) is 5.58 Å². The summed E-state index contributed by atoms with van der Waals surface area (Å²) in [5.41, 5.74) is 7.66. The maximum atomic E-state index is 5.72. The van der Waals surface area contributed by atoms with Crippen molar-refractivity contribution < 1.29 is 9.26 Å². The van der Waals surface area contributed by atoms with E-state index in [1.165, 1.54) is 0 Å². The molecule has 2 heterocycles. The predicted molar refractivity (Wildman–Crippen MR) is 67.5 cm³/mol. The van der Waals surface area contributed by atoms with Crippen LogP contribution in [0.4, 0.5) is 5.69 Å². The summed E-state index contributed by atoms with van der Waals surface area (Å²) >= 11 is 0. The molecule has 0 aliphatic rings. The quantitative estimate of drug-likeness (QED) is 0.746. The monoisotopic (exact) mass is 241 g/mol. The summed E-state index contributed by atoms with van der Waals surface area (Å²) in [6.45, 7) is 1.87. The molecule has 3 aromatic rings. The topological polar surface area (TPSA) is 74.2 Å². The van der Waals surface area contributed by atoms with Crippen molar-refractivity contribution in [2.75, 3.05) is 5.73 Å². The van der Waals surface area contributed by atoms with Gasteiger partial charge in [-0.05, 0) is 25.1 Å². The van der Waals surface area contributed by atoms with E-state index in [1.807, 2.05) is 25.1 Å². The molecule has 5 heteroatoms. The van der Waals surface area contributed by atoms with E-state index in [4.69, 9.17) is 15.0 Å². The molecule has 0 fully saturated rings. The Hall–Kier alpha value is -2.56. The van der Waals surface area contributed by atoms with Crippen LogP contribution in [0.15, 0.2) is 41.1 Å². The fourth-order valence-corrected chi connectivity index (χ4v) is 1.76. The molecule has 0 radical (unpaired) electrons. The molecule has 0 atom stereocenters. The minimum atomic E-state index is 0.484. The lowest BCUT2D eigenvalue weighted by atomic mass is 10.2. The molecule has 5 nitrogen and oxygen atoms in total. The number of ether oxygens (including phenoxy) is 1. The lowest BCUT2D eigenvalue weighted by Crippen LogP contribution is -1.91. The number of hydrogen-bond acceptors (Lipinski definition) is 5. The van der Waals surface area contributed by atoms with Crippen molar-refractivity contribution >= 4 is 16.7 Å². The number of aromatic nitrogens is 2. The largest absolute Gasteiger partial charge is 0.438 e. The molecule has 0 bridgehead atoms. The number of nitrogens with two attached hydrogens (primary N) is 1. The minimum absolute atomic E-state index is 0.484. The van der Waals surface area contributed by atoms with Gasteiger partial charge >= 0.3 is 0 Å². The van der Waals surface area contributed by atoms with Crippen LogP contribution in [0.25, 0.3) is 11.0 Å². The summed E-state index contributed by atoms with van der Waals surface area (Å²) in [7, 11) is 0. The second-order valence-corrected chi connectivity index (χ2v) is 3.93. The first-order valence-electron chi connectivity index (χ1n) is 5.48. The molecular weight excluding hydrogens is 230 g/mol. The van der Waals surface area contributed by atoms with E-state index < -0.39 is 0 Å². The molecule has 2 N–H and O–H groups in total. The van der Waals surface area contributed by atoms with E-state index in [2.05, 4.69) is 10.1 Å². The number of fused-ring (bicyclic) bond motifs is 1. The van der Waals surface area contributed by atoms with E-state index >= 15 is 0 Å². The highest BCUT2D eigenvalue weighted by atomic mass is 16.5. The Balaban J connectivity index is 2.04. The molecule has 3 rings (SSSR count). The highest BCUT2D eigenvalue weighted by Gasteiger charge is 2.11. The third kappa shape index (κ3) is 1.75. The van der Waals surface area contributed by atoms with Gasteiger partial charge in [-0.1, -0.05) is 11.2 Å². The number of pyridine rings is 1. The van der Waals surface area contributed by atoms with Crippen molar-refractivity contribution in [1.82, 2.24) is 10.1 Å². The van der Waals surface area contributed by atoms with Gasteiger partial charge in [-0.2, -0.15) is 0 Å². The van der Waals surface area contributed by atoms with Crippen molar-refractivity contribution in [3.63, 3.8) is 0 Å². The number of anilines is 1. The number of nitrogens with zero attached hydrogens (tertiary/aromatic N) is 2. The number of hydrogen-bond donors (Lipinski definition) is 1. The van der Waals surface area contributed by atoms with Crippen LogP contribution in [0, 0.1) is 6.92 Å². The zero-order chi connectivity index (χ0) is 12.5. The summed E-state index contributed by atoms with van der Waals surface area (Å²) in [6.07, 6.45) is 1.55. The Bertz CT molecular complexity index is 689. The van der Waals surface area contributed by atoms with Crippen LogP contribution in [0.1, 0.15) is 5.69 Å².